The van der Waals surface area contributed by atoms with Crippen LogP contribution in [0.1, 0.15) is 33.4 Å². The fourth-order valence-electron chi connectivity index (χ4n) is 1.63. The first-order valence-corrected chi connectivity index (χ1v) is 5.11. The molecule has 1 heterocycles. The zero-order chi connectivity index (χ0) is 11.8. The highest BCUT2D eigenvalue weighted by Crippen LogP contribution is 2.07. The summed E-state index contributed by atoms with van der Waals surface area (Å²) in [6, 6.07) is 1.53. The van der Waals surface area contributed by atoms with E-state index in [-0.39, 0.29) is 11.2 Å². The SMILES string of the molecule is CCc1cc(=O)n(C(C)(C)C)c(=O)n1C. The number of hydrogen-bond donors (Lipinski definition) is 0. The Morgan fingerprint density at radius 1 is 1.27 bits per heavy atom. The Bertz CT molecular complexity index is 475. The quantitative estimate of drug-likeness (QED) is 0.690. The van der Waals surface area contributed by atoms with Gasteiger partial charge in [0.25, 0.3) is 5.56 Å². The molecule has 0 bridgehead atoms. The lowest BCUT2D eigenvalue weighted by atomic mass is 10.1. The zero-order valence-electron chi connectivity index (χ0n) is 10.00. The van der Waals surface area contributed by atoms with Crippen LogP contribution in [0.2, 0.25) is 0 Å². The Balaban J connectivity index is 3.66. The van der Waals surface area contributed by atoms with Crippen LogP contribution in [0.15, 0.2) is 15.7 Å². The summed E-state index contributed by atoms with van der Waals surface area (Å²) in [6.07, 6.45) is 0.686. The van der Waals surface area contributed by atoms with Gasteiger partial charge in [-0.25, -0.2) is 4.79 Å². The van der Waals surface area contributed by atoms with Crippen molar-refractivity contribution in [2.75, 3.05) is 0 Å². The summed E-state index contributed by atoms with van der Waals surface area (Å²) in [5.41, 5.74) is -0.169. The fourth-order valence-corrected chi connectivity index (χ4v) is 1.63. The average Bonchev–Trinajstić information content (AvgIpc) is 2.09. The van der Waals surface area contributed by atoms with Crippen LogP contribution in [0, 0.1) is 0 Å². The second kappa shape index (κ2) is 3.68. The van der Waals surface area contributed by atoms with E-state index >= 15 is 0 Å². The molecule has 0 aliphatic rings. The molecule has 0 aromatic carbocycles. The smallest absolute Gasteiger partial charge is 0.301 e. The normalized spacial score (nSPS) is 11.8. The minimum absolute atomic E-state index is 0.220. The summed E-state index contributed by atoms with van der Waals surface area (Å²) in [6.45, 7) is 7.47. The molecule has 0 N–H and O–H groups in total. The van der Waals surface area contributed by atoms with Gasteiger partial charge < -0.3 is 4.57 Å². The lowest BCUT2D eigenvalue weighted by Crippen LogP contribution is -2.47. The van der Waals surface area contributed by atoms with Crippen molar-refractivity contribution in [1.29, 1.82) is 0 Å². The van der Waals surface area contributed by atoms with Gasteiger partial charge >= 0.3 is 5.69 Å². The third-order valence-corrected chi connectivity index (χ3v) is 2.45. The third kappa shape index (κ3) is 2.03. The van der Waals surface area contributed by atoms with Crippen molar-refractivity contribution < 1.29 is 0 Å². The maximum atomic E-state index is 11.9. The molecule has 1 rings (SSSR count). The number of hydrogen-bond acceptors (Lipinski definition) is 2. The molecule has 0 saturated heterocycles. The predicted octanol–water partition coefficient (Wildman–Crippen LogP) is 0.864. The van der Waals surface area contributed by atoms with E-state index in [2.05, 4.69) is 0 Å². The standard InChI is InChI=1S/C11H18N2O2/c1-6-8-7-9(14)13(11(2,3)4)10(15)12(8)5/h7H,6H2,1-5H3. The lowest BCUT2D eigenvalue weighted by Gasteiger charge is -2.22. The van der Waals surface area contributed by atoms with E-state index in [0.29, 0.717) is 6.42 Å². The highest BCUT2D eigenvalue weighted by Gasteiger charge is 2.19. The molecular weight excluding hydrogens is 192 g/mol. The topological polar surface area (TPSA) is 44.0 Å². The van der Waals surface area contributed by atoms with Crippen LogP contribution in [0.5, 0.6) is 0 Å². The highest BCUT2D eigenvalue weighted by molar-refractivity contribution is 5.03. The summed E-state index contributed by atoms with van der Waals surface area (Å²) in [5.74, 6) is 0. The van der Waals surface area contributed by atoms with Gasteiger partial charge in [-0.15, -0.1) is 0 Å². The number of nitrogens with zero attached hydrogens (tertiary/aromatic N) is 2. The molecule has 0 radical (unpaired) electrons. The van der Waals surface area contributed by atoms with Crippen LogP contribution >= 0.6 is 0 Å². The predicted molar refractivity (Wildman–Crippen MR) is 60.3 cm³/mol. The van der Waals surface area contributed by atoms with Gasteiger partial charge in [-0.3, -0.25) is 9.36 Å². The zero-order valence-corrected chi connectivity index (χ0v) is 10.00. The van der Waals surface area contributed by atoms with E-state index < -0.39 is 5.54 Å². The van der Waals surface area contributed by atoms with Crippen LogP contribution in [0.4, 0.5) is 0 Å². The summed E-state index contributed by atoms with van der Waals surface area (Å²) < 4.78 is 2.82. The lowest BCUT2D eigenvalue weighted by molar-refractivity contribution is 0.356. The molecule has 1 aromatic rings. The van der Waals surface area contributed by atoms with Crippen LogP contribution in [0.3, 0.4) is 0 Å². The van der Waals surface area contributed by atoms with Crippen LogP contribution < -0.4 is 11.2 Å². The molecule has 0 aliphatic carbocycles. The molecule has 15 heavy (non-hydrogen) atoms. The first-order chi connectivity index (χ1) is 6.79. The van der Waals surface area contributed by atoms with Crippen molar-refractivity contribution in [3.8, 4) is 0 Å². The van der Waals surface area contributed by atoms with Crippen molar-refractivity contribution >= 4 is 0 Å². The van der Waals surface area contributed by atoms with Crippen molar-refractivity contribution in [2.45, 2.75) is 39.7 Å². The first-order valence-electron chi connectivity index (χ1n) is 5.11. The van der Waals surface area contributed by atoms with E-state index in [1.807, 2.05) is 27.7 Å². The van der Waals surface area contributed by atoms with E-state index in [4.69, 9.17) is 0 Å². The Morgan fingerprint density at radius 2 is 1.80 bits per heavy atom. The van der Waals surface area contributed by atoms with E-state index in [9.17, 15) is 9.59 Å². The van der Waals surface area contributed by atoms with Crippen LogP contribution in [0.25, 0.3) is 0 Å². The second-order valence-corrected chi connectivity index (χ2v) is 4.68. The molecule has 0 unspecified atom stereocenters. The third-order valence-electron chi connectivity index (χ3n) is 2.45. The summed E-state index contributed by atoms with van der Waals surface area (Å²) in [7, 11) is 1.70. The van der Waals surface area contributed by atoms with Crippen molar-refractivity contribution in [3.05, 3.63) is 32.6 Å². The average molecular weight is 210 g/mol. The number of rotatable bonds is 1. The van der Waals surface area contributed by atoms with Gasteiger partial charge in [0.15, 0.2) is 0 Å². The molecule has 0 amide bonds. The maximum Gasteiger partial charge on any atom is 0.331 e. The number of aryl methyl sites for hydroxylation is 1. The van der Waals surface area contributed by atoms with Gasteiger partial charge in [0, 0.05) is 24.3 Å². The molecule has 0 aliphatic heterocycles. The minimum atomic E-state index is -0.474. The van der Waals surface area contributed by atoms with Crippen LogP contribution in [-0.2, 0) is 19.0 Å². The van der Waals surface area contributed by atoms with Crippen molar-refractivity contribution in [3.63, 3.8) is 0 Å². The molecule has 4 heteroatoms. The van der Waals surface area contributed by atoms with Gasteiger partial charge in [0.05, 0.1) is 0 Å². The minimum Gasteiger partial charge on any atom is -0.301 e. The molecule has 0 atom stereocenters. The van der Waals surface area contributed by atoms with Gasteiger partial charge in [-0.1, -0.05) is 6.92 Å². The fraction of sp³-hybridized carbons (Fsp3) is 0.636. The maximum absolute atomic E-state index is 11.9. The summed E-state index contributed by atoms with van der Waals surface area (Å²) in [4.78, 5) is 23.7. The Labute approximate surface area is 89.2 Å². The summed E-state index contributed by atoms with van der Waals surface area (Å²) in [5, 5.41) is 0. The summed E-state index contributed by atoms with van der Waals surface area (Å²) >= 11 is 0. The second-order valence-electron chi connectivity index (χ2n) is 4.68. The Morgan fingerprint density at radius 3 is 2.20 bits per heavy atom. The van der Waals surface area contributed by atoms with Gasteiger partial charge in [0.1, 0.15) is 0 Å². The molecule has 0 saturated carbocycles. The van der Waals surface area contributed by atoms with E-state index in [1.165, 1.54) is 15.2 Å². The molecule has 4 nitrogen and oxygen atoms in total. The van der Waals surface area contributed by atoms with Crippen molar-refractivity contribution in [2.24, 2.45) is 7.05 Å². The Kier molecular flexibility index (Phi) is 2.88. The molecule has 84 valence electrons. The van der Waals surface area contributed by atoms with Gasteiger partial charge in [-0.05, 0) is 27.2 Å². The molecule has 1 aromatic heterocycles. The largest absolute Gasteiger partial charge is 0.331 e. The Hall–Kier alpha value is -1.32. The molecule has 0 spiro atoms. The van der Waals surface area contributed by atoms with Crippen molar-refractivity contribution in [1.82, 2.24) is 9.13 Å². The molecule has 0 fully saturated rings. The van der Waals surface area contributed by atoms with Gasteiger partial charge in [-0.2, -0.15) is 0 Å². The monoisotopic (exact) mass is 210 g/mol. The first kappa shape index (κ1) is 11.8. The molecular formula is C11H18N2O2. The highest BCUT2D eigenvalue weighted by atomic mass is 16.2. The number of aromatic nitrogens is 2. The van der Waals surface area contributed by atoms with E-state index in [0.717, 1.165) is 5.69 Å². The van der Waals surface area contributed by atoms with Gasteiger partial charge in [0.2, 0.25) is 0 Å². The van der Waals surface area contributed by atoms with Crippen LogP contribution in [-0.4, -0.2) is 9.13 Å². The van der Waals surface area contributed by atoms with E-state index in [1.54, 1.807) is 7.05 Å².